The number of nitrogens with two attached hydrogens (primary N) is 2. The third kappa shape index (κ3) is 3.31. The molecule has 0 aliphatic heterocycles. The summed E-state index contributed by atoms with van der Waals surface area (Å²) in [6.07, 6.45) is 3.86. The van der Waals surface area contributed by atoms with Gasteiger partial charge in [0.2, 0.25) is 5.91 Å². The van der Waals surface area contributed by atoms with Crippen LogP contribution in [0.15, 0.2) is 30.3 Å². The number of carbonyl (C=O) groups is 1. The van der Waals surface area contributed by atoms with Crippen molar-refractivity contribution in [3.63, 3.8) is 0 Å². The predicted octanol–water partition coefficient (Wildman–Crippen LogP) is 1.07. The number of nitrogens with one attached hydrogen (secondary N) is 1. The molecule has 0 heterocycles. The van der Waals surface area contributed by atoms with Gasteiger partial charge >= 0.3 is 0 Å². The second kappa shape index (κ2) is 5.98. The molecule has 18 heavy (non-hydrogen) atoms. The molecule has 4 nitrogen and oxygen atoms in total. The Kier molecular flexibility index (Phi) is 4.33. The summed E-state index contributed by atoms with van der Waals surface area (Å²) in [4.78, 5) is 12.0. The summed E-state index contributed by atoms with van der Waals surface area (Å²) < 4.78 is 0. The number of amides is 1. The highest BCUT2D eigenvalue weighted by atomic mass is 16.2. The van der Waals surface area contributed by atoms with Crippen LogP contribution in [0, 0.1) is 0 Å². The van der Waals surface area contributed by atoms with Gasteiger partial charge in [-0.1, -0.05) is 30.3 Å². The van der Waals surface area contributed by atoms with E-state index in [4.69, 9.17) is 11.5 Å². The highest BCUT2D eigenvalue weighted by molar-refractivity contribution is 5.83. The lowest BCUT2D eigenvalue weighted by atomic mass is 9.91. The van der Waals surface area contributed by atoms with Gasteiger partial charge in [0.1, 0.15) is 6.04 Å². The van der Waals surface area contributed by atoms with Gasteiger partial charge in [0.15, 0.2) is 0 Å². The van der Waals surface area contributed by atoms with E-state index in [1.807, 2.05) is 30.3 Å². The van der Waals surface area contributed by atoms with E-state index in [1.54, 1.807) is 0 Å². The lowest BCUT2D eigenvalue weighted by Gasteiger charge is -2.27. The minimum absolute atomic E-state index is 0.0957. The highest BCUT2D eigenvalue weighted by Gasteiger charge is 2.23. The Labute approximate surface area is 108 Å². The Morgan fingerprint density at radius 2 is 1.78 bits per heavy atom. The lowest BCUT2D eigenvalue weighted by Crippen LogP contribution is -2.44. The standard InChI is InChI=1S/C14H21N3O/c15-11-6-8-12(9-7-11)17-14(18)13(16)10-4-2-1-3-5-10/h1-5,11-13H,6-9,15-16H2,(H,17,18). The maximum absolute atomic E-state index is 12.0. The van der Waals surface area contributed by atoms with Crippen LogP contribution in [0.25, 0.3) is 0 Å². The molecule has 1 aliphatic carbocycles. The van der Waals surface area contributed by atoms with Crippen molar-refractivity contribution in [2.24, 2.45) is 11.5 Å². The van der Waals surface area contributed by atoms with Crippen molar-refractivity contribution >= 4 is 5.91 Å². The van der Waals surface area contributed by atoms with Crippen LogP contribution in [-0.2, 0) is 4.79 Å². The Bertz CT molecular complexity index is 385. The van der Waals surface area contributed by atoms with Crippen molar-refractivity contribution in [3.05, 3.63) is 35.9 Å². The summed E-state index contributed by atoms with van der Waals surface area (Å²) in [6.45, 7) is 0. The molecule has 1 fully saturated rings. The molecule has 0 aromatic heterocycles. The first kappa shape index (κ1) is 13.1. The number of hydrogen-bond acceptors (Lipinski definition) is 3. The largest absolute Gasteiger partial charge is 0.352 e. The number of carbonyl (C=O) groups excluding carboxylic acids is 1. The zero-order valence-electron chi connectivity index (χ0n) is 10.5. The summed E-state index contributed by atoms with van der Waals surface area (Å²) in [6, 6.07) is 9.39. The molecule has 1 amide bonds. The molecule has 0 saturated heterocycles. The van der Waals surface area contributed by atoms with Gasteiger partial charge < -0.3 is 16.8 Å². The van der Waals surface area contributed by atoms with E-state index in [0.717, 1.165) is 31.2 Å². The van der Waals surface area contributed by atoms with Crippen LogP contribution in [0.1, 0.15) is 37.3 Å². The number of hydrogen-bond donors (Lipinski definition) is 3. The topological polar surface area (TPSA) is 81.1 Å². The summed E-state index contributed by atoms with van der Waals surface area (Å²) in [7, 11) is 0. The lowest BCUT2D eigenvalue weighted by molar-refractivity contribution is -0.123. The van der Waals surface area contributed by atoms with Gasteiger partial charge in [-0.25, -0.2) is 0 Å². The molecule has 5 N–H and O–H groups in total. The van der Waals surface area contributed by atoms with Gasteiger partial charge in [-0.05, 0) is 31.2 Å². The Morgan fingerprint density at radius 1 is 1.17 bits per heavy atom. The van der Waals surface area contributed by atoms with E-state index in [0.29, 0.717) is 6.04 Å². The van der Waals surface area contributed by atoms with Gasteiger partial charge in [-0.3, -0.25) is 4.79 Å². The molecule has 0 bridgehead atoms. The van der Waals surface area contributed by atoms with Gasteiger partial charge in [0.05, 0.1) is 0 Å². The van der Waals surface area contributed by atoms with E-state index >= 15 is 0 Å². The first-order chi connectivity index (χ1) is 8.66. The fourth-order valence-corrected chi connectivity index (χ4v) is 2.37. The SMILES string of the molecule is NC1CCC(NC(=O)C(N)c2ccccc2)CC1. The Morgan fingerprint density at radius 3 is 2.39 bits per heavy atom. The maximum atomic E-state index is 12.0. The number of benzene rings is 1. The molecule has 1 unspecified atom stereocenters. The van der Waals surface area contributed by atoms with Crippen molar-refractivity contribution in [2.45, 2.75) is 43.8 Å². The summed E-state index contributed by atoms with van der Waals surface area (Å²) in [5, 5.41) is 3.02. The van der Waals surface area contributed by atoms with Crippen LogP contribution in [0.5, 0.6) is 0 Å². The summed E-state index contributed by atoms with van der Waals surface area (Å²) in [5.41, 5.74) is 12.6. The Balaban J connectivity index is 1.88. The van der Waals surface area contributed by atoms with Crippen LogP contribution in [0.2, 0.25) is 0 Å². The van der Waals surface area contributed by atoms with Gasteiger partial charge in [-0.15, -0.1) is 0 Å². The maximum Gasteiger partial charge on any atom is 0.241 e. The van der Waals surface area contributed by atoms with Crippen LogP contribution in [-0.4, -0.2) is 18.0 Å². The summed E-state index contributed by atoms with van der Waals surface area (Å²) in [5.74, 6) is -0.0957. The second-order valence-electron chi connectivity index (χ2n) is 5.01. The minimum atomic E-state index is -0.582. The normalized spacial score (nSPS) is 25.4. The third-order valence-electron chi connectivity index (χ3n) is 3.56. The number of rotatable bonds is 3. The molecule has 1 atom stereocenters. The average molecular weight is 247 g/mol. The fraction of sp³-hybridized carbons (Fsp3) is 0.500. The van der Waals surface area contributed by atoms with E-state index in [9.17, 15) is 4.79 Å². The van der Waals surface area contributed by atoms with Crippen LogP contribution >= 0.6 is 0 Å². The molecular weight excluding hydrogens is 226 g/mol. The zero-order valence-corrected chi connectivity index (χ0v) is 10.5. The van der Waals surface area contributed by atoms with Crippen molar-refractivity contribution < 1.29 is 4.79 Å². The van der Waals surface area contributed by atoms with E-state index in [1.165, 1.54) is 0 Å². The molecule has 1 aromatic carbocycles. The first-order valence-corrected chi connectivity index (χ1v) is 6.53. The van der Waals surface area contributed by atoms with Crippen molar-refractivity contribution in [3.8, 4) is 0 Å². The molecule has 0 radical (unpaired) electrons. The van der Waals surface area contributed by atoms with E-state index < -0.39 is 6.04 Å². The molecule has 2 rings (SSSR count). The Hall–Kier alpha value is -1.39. The first-order valence-electron chi connectivity index (χ1n) is 6.53. The smallest absolute Gasteiger partial charge is 0.241 e. The predicted molar refractivity (Wildman–Crippen MR) is 71.7 cm³/mol. The quantitative estimate of drug-likeness (QED) is 0.747. The van der Waals surface area contributed by atoms with Gasteiger partial charge in [0, 0.05) is 12.1 Å². The average Bonchev–Trinajstić information content (AvgIpc) is 2.41. The van der Waals surface area contributed by atoms with E-state index in [2.05, 4.69) is 5.32 Å². The second-order valence-corrected chi connectivity index (χ2v) is 5.01. The van der Waals surface area contributed by atoms with Crippen LogP contribution in [0.4, 0.5) is 0 Å². The monoisotopic (exact) mass is 247 g/mol. The third-order valence-corrected chi connectivity index (χ3v) is 3.56. The molecule has 1 aromatic rings. The van der Waals surface area contributed by atoms with Crippen molar-refractivity contribution in [2.75, 3.05) is 0 Å². The van der Waals surface area contributed by atoms with Crippen molar-refractivity contribution in [1.82, 2.24) is 5.32 Å². The molecule has 98 valence electrons. The highest BCUT2D eigenvalue weighted by Crippen LogP contribution is 2.18. The van der Waals surface area contributed by atoms with Crippen molar-refractivity contribution in [1.29, 1.82) is 0 Å². The van der Waals surface area contributed by atoms with E-state index in [-0.39, 0.29) is 11.9 Å². The summed E-state index contributed by atoms with van der Waals surface area (Å²) >= 11 is 0. The van der Waals surface area contributed by atoms with Gasteiger partial charge in [0.25, 0.3) is 0 Å². The zero-order chi connectivity index (χ0) is 13.0. The molecule has 0 spiro atoms. The molecule has 1 saturated carbocycles. The van der Waals surface area contributed by atoms with Gasteiger partial charge in [-0.2, -0.15) is 0 Å². The minimum Gasteiger partial charge on any atom is -0.352 e. The van der Waals surface area contributed by atoms with Crippen LogP contribution < -0.4 is 16.8 Å². The molecular formula is C14H21N3O. The van der Waals surface area contributed by atoms with Crippen LogP contribution in [0.3, 0.4) is 0 Å². The molecule has 4 heteroatoms. The fourth-order valence-electron chi connectivity index (χ4n) is 2.37. The molecule has 1 aliphatic rings.